The van der Waals surface area contributed by atoms with Crippen molar-refractivity contribution in [2.75, 3.05) is 19.8 Å². The van der Waals surface area contributed by atoms with Gasteiger partial charge < -0.3 is 10.5 Å². The Morgan fingerprint density at radius 1 is 1.39 bits per heavy atom. The summed E-state index contributed by atoms with van der Waals surface area (Å²) in [5.41, 5.74) is 6.73. The minimum absolute atomic E-state index is 0.0849. The molecular weight excluding hydrogens is 251 g/mol. The van der Waals surface area contributed by atoms with Gasteiger partial charge in [-0.3, -0.25) is 0 Å². The van der Waals surface area contributed by atoms with E-state index in [2.05, 4.69) is 4.98 Å². The Labute approximate surface area is 109 Å². The minimum atomic E-state index is -0.216. The standard InChI is InChI=1S/C13H15FN2OS/c14-9-1-2-10-11(7-9)18-12(16-10)13(8-15)3-5-17-6-4-13/h1-2,7H,3-6,8,15H2. The number of rotatable bonds is 2. The van der Waals surface area contributed by atoms with Crippen LogP contribution >= 0.6 is 11.3 Å². The zero-order valence-electron chi connectivity index (χ0n) is 9.99. The first kappa shape index (κ1) is 12.0. The van der Waals surface area contributed by atoms with Gasteiger partial charge in [-0.25, -0.2) is 9.37 Å². The van der Waals surface area contributed by atoms with Crippen molar-refractivity contribution in [1.82, 2.24) is 4.98 Å². The molecule has 0 saturated carbocycles. The summed E-state index contributed by atoms with van der Waals surface area (Å²) in [6, 6.07) is 4.72. The largest absolute Gasteiger partial charge is 0.381 e. The van der Waals surface area contributed by atoms with Crippen LogP contribution in [0.25, 0.3) is 10.2 Å². The molecule has 1 aliphatic heterocycles. The normalized spacial score (nSPS) is 19.2. The lowest BCUT2D eigenvalue weighted by Gasteiger charge is -2.34. The van der Waals surface area contributed by atoms with Gasteiger partial charge in [0.1, 0.15) is 10.8 Å². The molecule has 5 heteroatoms. The summed E-state index contributed by atoms with van der Waals surface area (Å²) in [6.07, 6.45) is 1.79. The van der Waals surface area contributed by atoms with Gasteiger partial charge in [-0.2, -0.15) is 0 Å². The molecule has 96 valence electrons. The van der Waals surface area contributed by atoms with E-state index in [-0.39, 0.29) is 11.2 Å². The first-order valence-electron chi connectivity index (χ1n) is 6.08. The molecule has 18 heavy (non-hydrogen) atoms. The highest BCUT2D eigenvalue weighted by Crippen LogP contribution is 2.38. The quantitative estimate of drug-likeness (QED) is 0.908. The van der Waals surface area contributed by atoms with E-state index in [0.29, 0.717) is 6.54 Å². The smallest absolute Gasteiger partial charge is 0.124 e. The molecule has 0 radical (unpaired) electrons. The van der Waals surface area contributed by atoms with Crippen LogP contribution in [0.15, 0.2) is 18.2 Å². The molecule has 2 aromatic rings. The monoisotopic (exact) mass is 266 g/mol. The highest BCUT2D eigenvalue weighted by Gasteiger charge is 2.36. The SMILES string of the molecule is NCC1(c2nc3ccc(F)cc3s2)CCOCC1. The van der Waals surface area contributed by atoms with E-state index in [1.54, 1.807) is 23.5 Å². The van der Waals surface area contributed by atoms with Crippen molar-refractivity contribution < 1.29 is 9.13 Å². The molecule has 1 aromatic carbocycles. The molecule has 0 amide bonds. The fourth-order valence-electron chi connectivity index (χ4n) is 2.39. The number of ether oxygens (including phenoxy) is 1. The van der Waals surface area contributed by atoms with Gasteiger partial charge in [-0.15, -0.1) is 11.3 Å². The number of benzene rings is 1. The zero-order chi connectivity index (χ0) is 12.6. The van der Waals surface area contributed by atoms with Crippen LogP contribution in [0, 0.1) is 5.82 Å². The van der Waals surface area contributed by atoms with E-state index in [4.69, 9.17) is 10.5 Å². The summed E-state index contributed by atoms with van der Waals surface area (Å²) < 4.78 is 19.5. The lowest BCUT2D eigenvalue weighted by atomic mass is 9.81. The second kappa shape index (κ2) is 4.57. The number of hydrogen-bond donors (Lipinski definition) is 1. The summed E-state index contributed by atoms with van der Waals surface area (Å²) in [5.74, 6) is -0.216. The molecule has 0 aliphatic carbocycles. The Morgan fingerprint density at radius 3 is 2.89 bits per heavy atom. The first-order valence-corrected chi connectivity index (χ1v) is 6.90. The molecule has 1 saturated heterocycles. The molecule has 1 aromatic heterocycles. The number of nitrogens with zero attached hydrogens (tertiary/aromatic N) is 1. The molecule has 2 N–H and O–H groups in total. The van der Waals surface area contributed by atoms with Crippen LogP contribution in [0.1, 0.15) is 17.8 Å². The summed E-state index contributed by atoms with van der Waals surface area (Å²) in [4.78, 5) is 4.64. The van der Waals surface area contributed by atoms with Crippen LogP contribution in [-0.2, 0) is 10.2 Å². The number of nitrogens with two attached hydrogens (primary N) is 1. The van der Waals surface area contributed by atoms with Crippen molar-refractivity contribution in [3.05, 3.63) is 29.0 Å². The second-order valence-electron chi connectivity index (χ2n) is 4.73. The van der Waals surface area contributed by atoms with Crippen molar-refractivity contribution in [2.45, 2.75) is 18.3 Å². The molecule has 1 fully saturated rings. The number of thiazole rings is 1. The summed E-state index contributed by atoms with van der Waals surface area (Å²) in [7, 11) is 0. The Kier molecular flexibility index (Phi) is 3.05. The van der Waals surface area contributed by atoms with Gasteiger partial charge in [-0.05, 0) is 31.0 Å². The van der Waals surface area contributed by atoms with Crippen LogP contribution < -0.4 is 5.73 Å². The zero-order valence-corrected chi connectivity index (χ0v) is 10.8. The van der Waals surface area contributed by atoms with Gasteiger partial charge in [0.25, 0.3) is 0 Å². The minimum Gasteiger partial charge on any atom is -0.381 e. The van der Waals surface area contributed by atoms with Gasteiger partial charge in [0.15, 0.2) is 0 Å². The molecule has 3 rings (SSSR count). The third-order valence-electron chi connectivity index (χ3n) is 3.64. The van der Waals surface area contributed by atoms with Crippen LogP contribution in [0.2, 0.25) is 0 Å². The van der Waals surface area contributed by atoms with Crippen LogP contribution in [0.4, 0.5) is 4.39 Å². The van der Waals surface area contributed by atoms with Crippen molar-refractivity contribution >= 4 is 21.6 Å². The number of aromatic nitrogens is 1. The van der Waals surface area contributed by atoms with Crippen molar-refractivity contribution in [2.24, 2.45) is 5.73 Å². The van der Waals surface area contributed by atoms with E-state index < -0.39 is 0 Å². The summed E-state index contributed by atoms with van der Waals surface area (Å²) >= 11 is 1.55. The predicted octanol–water partition coefficient (Wildman–Crippen LogP) is 2.44. The van der Waals surface area contributed by atoms with E-state index in [9.17, 15) is 4.39 Å². The Balaban J connectivity index is 2.06. The van der Waals surface area contributed by atoms with Crippen LogP contribution in [-0.4, -0.2) is 24.7 Å². The average Bonchev–Trinajstić information content (AvgIpc) is 2.83. The summed E-state index contributed by atoms with van der Waals surface area (Å²) in [5, 5.41) is 1.02. The maximum atomic E-state index is 13.2. The third-order valence-corrected chi connectivity index (χ3v) is 4.91. The highest BCUT2D eigenvalue weighted by molar-refractivity contribution is 7.18. The molecular formula is C13H15FN2OS. The van der Waals surface area contributed by atoms with Crippen molar-refractivity contribution in [3.63, 3.8) is 0 Å². The molecule has 0 spiro atoms. The number of halogens is 1. The van der Waals surface area contributed by atoms with Crippen LogP contribution in [0.3, 0.4) is 0 Å². The number of hydrogen-bond acceptors (Lipinski definition) is 4. The number of fused-ring (bicyclic) bond motifs is 1. The Bertz CT molecular complexity index is 563. The van der Waals surface area contributed by atoms with Crippen LogP contribution in [0.5, 0.6) is 0 Å². The second-order valence-corrected chi connectivity index (χ2v) is 5.76. The average molecular weight is 266 g/mol. The molecule has 1 aliphatic rings. The van der Waals surface area contributed by atoms with E-state index in [0.717, 1.165) is 41.3 Å². The lowest BCUT2D eigenvalue weighted by molar-refractivity contribution is 0.0529. The van der Waals surface area contributed by atoms with E-state index in [1.807, 2.05) is 0 Å². The third kappa shape index (κ3) is 1.92. The molecule has 0 bridgehead atoms. The fourth-order valence-corrected chi connectivity index (χ4v) is 3.64. The highest BCUT2D eigenvalue weighted by atomic mass is 32.1. The van der Waals surface area contributed by atoms with Gasteiger partial charge >= 0.3 is 0 Å². The van der Waals surface area contributed by atoms with Crippen molar-refractivity contribution in [1.29, 1.82) is 0 Å². The van der Waals surface area contributed by atoms with Gasteiger partial charge in [0.2, 0.25) is 0 Å². The van der Waals surface area contributed by atoms with E-state index in [1.165, 1.54) is 6.07 Å². The predicted molar refractivity (Wildman–Crippen MR) is 70.4 cm³/mol. The maximum absolute atomic E-state index is 13.2. The summed E-state index contributed by atoms with van der Waals surface area (Å²) in [6.45, 7) is 2.02. The Hall–Kier alpha value is -1.04. The topological polar surface area (TPSA) is 48.1 Å². The first-order chi connectivity index (χ1) is 8.73. The van der Waals surface area contributed by atoms with Gasteiger partial charge in [0, 0.05) is 25.2 Å². The van der Waals surface area contributed by atoms with Gasteiger partial charge in [-0.1, -0.05) is 0 Å². The molecule has 0 unspecified atom stereocenters. The Morgan fingerprint density at radius 2 is 2.17 bits per heavy atom. The van der Waals surface area contributed by atoms with Crippen molar-refractivity contribution in [3.8, 4) is 0 Å². The van der Waals surface area contributed by atoms with Gasteiger partial charge in [0.05, 0.1) is 10.2 Å². The molecule has 2 heterocycles. The lowest BCUT2D eigenvalue weighted by Crippen LogP contribution is -2.40. The fraction of sp³-hybridized carbons (Fsp3) is 0.462. The van der Waals surface area contributed by atoms with E-state index >= 15 is 0 Å². The maximum Gasteiger partial charge on any atom is 0.124 e. The molecule has 3 nitrogen and oxygen atoms in total. The molecule has 0 atom stereocenters.